The van der Waals surface area contributed by atoms with Crippen molar-refractivity contribution in [3.63, 3.8) is 0 Å². The zero-order valence-electron chi connectivity index (χ0n) is 9.59. The fourth-order valence-corrected chi connectivity index (χ4v) is 1.07. The topological polar surface area (TPSA) is 70.8 Å². The first kappa shape index (κ1) is 13.2. The zero-order chi connectivity index (χ0) is 12.5. The Labute approximate surface area is 99.8 Å². The maximum atomic E-state index is 10.9. The van der Waals surface area contributed by atoms with Crippen LogP contribution in [0.15, 0.2) is 30.3 Å². The summed E-state index contributed by atoms with van der Waals surface area (Å²) in [4.78, 5) is 10.9. The summed E-state index contributed by atoms with van der Waals surface area (Å²) in [6.07, 6.45) is 3.01. The van der Waals surface area contributed by atoms with Gasteiger partial charge in [-0.05, 0) is 23.8 Å². The summed E-state index contributed by atoms with van der Waals surface area (Å²) in [5.74, 6) is 0.287. The molecule has 0 aliphatic carbocycles. The molecule has 0 aromatic heterocycles. The quantitative estimate of drug-likeness (QED) is 0.348. The molecule has 2 N–H and O–H groups in total. The number of hydrogen-bond acceptors (Lipinski definition) is 5. The minimum Gasteiger partial charge on any atom is -0.468 e. The number of carbonyl (C=O) groups is 1. The summed E-state index contributed by atoms with van der Waals surface area (Å²) in [5.41, 5.74) is 6.02. The maximum absolute atomic E-state index is 10.9. The molecule has 92 valence electrons. The Hall–Kier alpha value is -1.85. The Morgan fingerprint density at radius 1 is 1.35 bits per heavy atom. The predicted molar refractivity (Wildman–Crippen MR) is 63.1 cm³/mol. The summed E-state index contributed by atoms with van der Waals surface area (Å²) >= 11 is 0. The van der Waals surface area contributed by atoms with Crippen molar-refractivity contribution in [2.24, 2.45) is 5.73 Å². The number of ether oxygens (including phenoxy) is 3. The standard InChI is InChI=1S/C12H15NO4/c1-15-12(14)7-4-10-2-5-11(6-3-10)17-9-16-8-13/h2-7H,8-9,13H2,1H3/b7-4+. The van der Waals surface area contributed by atoms with Gasteiger partial charge in [0.1, 0.15) is 5.75 Å². The van der Waals surface area contributed by atoms with Crippen LogP contribution < -0.4 is 10.5 Å². The van der Waals surface area contributed by atoms with Gasteiger partial charge in [-0.25, -0.2) is 4.79 Å². The number of hydrogen-bond donors (Lipinski definition) is 1. The fraction of sp³-hybridized carbons (Fsp3) is 0.250. The van der Waals surface area contributed by atoms with Gasteiger partial charge in [0.05, 0.1) is 13.8 Å². The van der Waals surface area contributed by atoms with Crippen molar-refractivity contribution in [3.8, 4) is 5.75 Å². The third-order valence-corrected chi connectivity index (χ3v) is 1.92. The Morgan fingerprint density at radius 2 is 2.06 bits per heavy atom. The van der Waals surface area contributed by atoms with E-state index < -0.39 is 0 Å². The highest BCUT2D eigenvalue weighted by Crippen LogP contribution is 2.13. The molecular formula is C12H15NO4. The van der Waals surface area contributed by atoms with E-state index in [1.807, 2.05) is 12.1 Å². The predicted octanol–water partition coefficient (Wildman–Crippen LogP) is 1.14. The fourth-order valence-electron chi connectivity index (χ4n) is 1.07. The summed E-state index contributed by atoms with van der Waals surface area (Å²) < 4.78 is 14.6. The van der Waals surface area contributed by atoms with E-state index in [0.717, 1.165) is 5.56 Å². The first-order valence-electron chi connectivity index (χ1n) is 5.03. The molecule has 1 aromatic rings. The van der Waals surface area contributed by atoms with Crippen molar-refractivity contribution in [2.45, 2.75) is 0 Å². The van der Waals surface area contributed by atoms with Crippen LogP contribution in [-0.2, 0) is 14.3 Å². The van der Waals surface area contributed by atoms with Crippen LogP contribution in [0, 0.1) is 0 Å². The van der Waals surface area contributed by atoms with Gasteiger partial charge in [0, 0.05) is 6.08 Å². The van der Waals surface area contributed by atoms with Gasteiger partial charge in [0.25, 0.3) is 0 Å². The molecule has 0 atom stereocenters. The van der Waals surface area contributed by atoms with Gasteiger partial charge in [0.15, 0.2) is 6.79 Å². The lowest BCUT2D eigenvalue weighted by atomic mass is 10.2. The molecule has 0 aliphatic heterocycles. The molecule has 0 spiro atoms. The molecule has 5 heteroatoms. The molecule has 17 heavy (non-hydrogen) atoms. The Bertz CT molecular complexity index is 373. The lowest BCUT2D eigenvalue weighted by Gasteiger charge is -2.05. The SMILES string of the molecule is COC(=O)/C=C/c1ccc(OCOCN)cc1. The van der Waals surface area contributed by atoms with Gasteiger partial charge < -0.3 is 19.9 Å². The van der Waals surface area contributed by atoms with Crippen molar-refractivity contribution < 1.29 is 19.0 Å². The smallest absolute Gasteiger partial charge is 0.330 e. The van der Waals surface area contributed by atoms with Crippen LogP contribution in [0.2, 0.25) is 0 Å². The minimum absolute atomic E-state index is 0.119. The molecule has 0 unspecified atom stereocenters. The third-order valence-electron chi connectivity index (χ3n) is 1.92. The second kappa shape index (κ2) is 7.43. The molecule has 0 aliphatic rings. The van der Waals surface area contributed by atoms with Crippen molar-refractivity contribution in [2.75, 3.05) is 20.6 Å². The van der Waals surface area contributed by atoms with Gasteiger partial charge in [-0.2, -0.15) is 0 Å². The molecule has 0 saturated heterocycles. The summed E-state index contributed by atoms with van der Waals surface area (Å²) in [6.45, 7) is 0.244. The lowest BCUT2D eigenvalue weighted by molar-refractivity contribution is -0.134. The summed E-state index contributed by atoms with van der Waals surface area (Å²) in [5, 5.41) is 0. The average Bonchev–Trinajstić information content (AvgIpc) is 2.37. The molecule has 5 nitrogen and oxygen atoms in total. The van der Waals surface area contributed by atoms with Crippen LogP contribution in [0.1, 0.15) is 5.56 Å². The number of rotatable bonds is 6. The lowest BCUT2D eigenvalue weighted by Crippen LogP contribution is -2.09. The largest absolute Gasteiger partial charge is 0.468 e. The van der Waals surface area contributed by atoms with E-state index in [1.54, 1.807) is 18.2 Å². The van der Waals surface area contributed by atoms with Gasteiger partial charge in [-0.3, -0.25) is 0 Å². The van der Waals surface area contributed by atoms with Crippen LogP contribution in [0.25, 0.3) is 6.08 Å². The van der Waals surface area contributed by atoms with Crippen molar-refractivity contribution >= 4 is 12.0 Å². The van der Waals surface area contributed by atoms with Crippen molar-refractivity contribution in [1.29, 1.82) is 0 Å². The monoisotopic (exact) mass is 237 g/mol. The zero-order valence-corrected chi connectivity index (χ0v) is 9.59. The van der Waals surface area contributed by atoms with Gasteiger partial charge in [-0.1, -0.05) is 12.1 Å². The highest BCUT2D eigenvalue weighted by atomic mass is 16.7. The maximum Gasteiger partial charge on any atom is 0.330 e. The molecular weight excluding hydrogens is 222 g/mol. The van der Waals surface area contributed by atoms with E-state index in [1.165, 1.54) is 13.2 Å². The van der Waals surface area contributed by atoms with Gasteiger partial charge in [0.2, 0.25) is 0 Å². The van der Waals surface area contributed by atoms with E-state index in [4.69, 9.17) is 15.2 Å². The molecule has 0 bridgehead atoms. The molecule has 1 aromatic carbocycles. The number of benzene rings is 1. The highest BCUT2D eigenvalue weighted by Gasteiger charge is 1.94. The number of nitrogens with two attached hydrogens (primary N) is 1. The Balaban J connectivity index is 2.50. The molecule has 0 radical (unpaired) electrons. The van der Waals surface area contributed by atoms with Crippen LogP contribution in [0.4, 0.5) is 0 Å². The summed E-state index contributed by atoms with van der Waals surface area (Å²) in [7, 11) is 1.33. The minimum atomic E-state index is -0.387. The van der Waals surface area contributed by atoms with Crippen LogP contribution in [-0.4, -0.2) is 26.6 Å². The molecule has 0 saturated carbocycles. The van der Waals surface area contributed by atoms with E-state index in [0.29, 0.717) is 5.75 Å². The Morgan fingerprint density at radius 3 is 2.65 bits per heavy atom. The second-order valence-corrected chi connectivity index (χ2v) is 3.06. The van der Waals surface area contributed by atoms with Crippen LogP contribution in [0.5, 0.6) is 5.75 Å². The van der Waals surface area contributed by atoms with E-state index >= 15 is 0 Å². The second-order valence-electron chi connectivity index (χ2n) is 3.06. The number of esters is 1. The molecule has 0 fully saturated rings. The van der Waals surface area contributed by atoms with E-state index in [2.05, 4.69) is 4.74 Å². The van der Waals surface area contributed by atoms with Crippen molar-refractivity contribution in [1.82, 2.24) is 0 Å². The molecule has 0 amide bonds. The number of carbonyl (C=O) groups excluding carboxylic acids is 1. The van der Waals surface area contributed by atoms with E-state index in [-0.39, 0.29) is 19.5 Å². The molecule has 0 heterocycles. The normalized spacial score (nSPS) is 10.5. The first-order chi connectivity index (χ1) is 8.26. The highest BCUT2D eigenvalue weighted by molar-refractivity contribution is 5.86. The van der Waals surface area contributed by atoms with Crippen LogP contribution >= 0.6 is 0 Å². The third kappa shape index (κ3) is 5.14. The van der Waals surface area contributed by atoms with Crippen molar-refractivity contribution in [3.05, 3.63) is 35.9 Å². The van der Waals surface area contributed by atoms with Gasteiger partial charge >= 0.3 is 5.97 Å². The first-order valence-corrected chi connectivity index (χ1v) is 5.03. The number of methoxy groups -OCH3 is 1. The van der Waals surface area contributed by atoms with Crippen LogP contribution in [0.3, 0.4) is 0 Å². The average molecular weight is 237 g/mol. The van der Waals surface area contributed by atoms with Gasteiger partial charge in [-0.15, -0.1) is 0 Å². The summed E-state index contributed by atoms with van der Waals surface area (Å²) in [6, 6.07) is 7.18. The Kier molecular flexibility index (Phi) is 5.77. The molecule has 1 rings (SSSR count). The van der Waals surface area contributed by atoms with E-state index in [9.17, 15) is 4.79 Å².